The standard InChI is InChI=1S/4C5H11N.2C2H3N.6C2H4O2.4Cu.2H2O/c4*1-2-4-6-5-3-1;2*1-2-3;6*1-2(3)4;;;;;;/h4*6H,1-5H2;2*1H3;6*1H3,(H,3,4);;;;;2*1H2/q;;;;;;;;;;;;4*+2;;/p-8. The molecule has 24 heteroatoms. The van der Waals surface area contributed by atoms with E-state index >= 15 is 0 Å². The van der Waals surface area contributed by atoms with Crippen LogP contribution in [0.4, 0.5) is 0 Å². The summed E-state index contributed by atoms with van der Waals surface area (Å²) in [6.45, 7) is 18.7. The van der Waals surface area contributed by atoms with Crippen molar-refractivity contribution >= 4 is 35.8 Å². The van der Waals surface area contributed by atoms with Crippen molar-refractivity contribution < 1.29 is 139 Å². The van der Waals surface area contributed by atoms with Crippen LogP contribution in [0.15, 0.2) is 0 Å². The molecule has 0 atom stereocenters. The first-order chi connectivity index (χ1) is 25.2. The number of nitrogens with zero attached hydrogens (tertiary/aromatic N) is 2. The smallest absolute Gasteiger partial charge is 0.870 e. The third-order valence-electron chi connectivity index (χ3n) is 4.83. The minimum atomic E-state index is -1.08. The number of hydrogen-bond acceptors (Lipinski definition) is 20. The minimum Gasteiger partial charge on any atom is -0.870 e. The second-order valence-corrected chi connectivity index (χ2v) is 10.6. The van der Waals surface area contributed by atoms with Crippen molar-refractivity contribution in [3.63, 3.8) is 0 Å². The first-order valence-electron chi connectivity index (χ1n) is 17.7. The molecule has 4 aliphatic heterocycles. The molecule has 4 radical (unpaired) electrons. The van der Waals surface area contributed by atoms with Gasteiger partial charge in [-0.05, 0) is 145 Å². The van der Waals surface area contributed by atoms with Crippen LogP contribution in [0.1, 0.15) is 132 Å². The van der Waals surface area contributed by atoms with Crippen LogP contribution in [0.3, 0.4) is 0 Å². The molecule has 0 amide bonds. The summed E-state index contributed by atoms with van der Waals surface area (Å²) >= 11 is 0. The number of nitriles is 2. The van der Waals surface area contributed by atoms with Crippen LogP contribution in [0.25, 0.3) is 0 Å². The summed E-state index contributed by atoms with van der Waals surface area (Å²) in [6.07, 6.45) is 16.9. The fraction of sp³-hybridized carbons (Fsp3) is 0.778. The maximum absolute atomic E-state index is 8.89. The van der Waals surface area contributed by atoms with Crippen LogP contribution in [0.2, 0.25) is 0 Å². The van der Waals surface area contributed by atoms with E-state index < -0.39 is 35.8 Å². The number of rotatable bonds is 0. The molecule has 0 unspecified atom stereocenters. The molecule has 0 spiro atoms. The number of carbonyl (C=O) groups is 6. The van der Waals surface area contributed by atoms with Gasteiger partial charge in [-0.25, -0.2) is 0 Å². The molecule has 60 heavy (non-hydrogen) atoms. The summed E-state index contributed by atoms with van der Waals surface area (Å²) < 4.78 is 0. The summed E-state index contributed by atoms with van der Waals surface area (Å²) in [4.78, 5) is 53.3. The van der Waals surface area contributed by atoms with E-state index in [0.29, 0.717) is 0 Å². The number of hydrogen-bond donors (Lipinski definition) is 4. The molecule has 6 N–H and O–H groups in total. The van der Waals surface area contributed by atoms with Crippen LogP contribution in [0, 0.1) is 22.7 Å². The Morgan fingerprint density at radius 3 is 0.417 bits per heavy atom. The van der Waals surface area contributed by atoms with Gasteiger partial charge in [-0.3, -0.25) is 0 Å². The summed E-state index contributed by atoms with van der Waals surface area (Å²) in [6, 6.07) is 3.50. The number of carbonyl (C=O) groups excluding carboxylic acids is 6. The normalized spacial score (nSPS) is 12.4. The van der Waals surface area contributed by atoms with E-state index in [0.717, 1.165) is 41.5 Å². The quantitative estimate of drug-likeness (QED) is 0.169. The minimum absolute atomic E-state index is 0. The number of nitrogens with one attached hydrogen (secondary N) is 4. The largest absolute Gasteiger partial charge is 2.00 e. The summed E-state index contributed by atoms with van der Waals surface area (Å²) in [5.74, 6) is -6.50. The summed E-state index contributed by atoms with van der Waals surface area (Å²) in [5, 5.41) is 81.1. The van der Waals surface area contributed by atoms with Gasteiger partial charge in [-0.1, -0.05) is 25.7 Å². The Morgan fingerprint density at radius 2 is 0.400 bits per heavy atom. The van der Waals surface area contributed by atoms with E-state index in [1.807, 2.05) is 0 Å². The van der Waals surface area contributed by atoms with E-state index in [1.54, 1.807) is 12.1 Å². The molecule has 0 aromatic heterocycles. The predicted molar refractivity (Wildman–Crippen MR) is 197 cm³/mol. The Morgan fingerprint density at radius 1 is 0.333 bits per heavy atom. The second-order valence-electron chi connectivity index (χ2n) is 10.6. The molecule has 372 valence electrons. The van der Waals surface area contributed by atoms with Crippen molar-refractivity contribution in [2.75, 3.05) is 52.4 Å². The van der Waals surface area contributed by atoms with Crippen molar-refractivity contribution in [2.24, 2.45) is 0 Å². The second kappa shape index (κ2) is 101. The van der Waals surface area contributed by atoms with Crippen LogP contribution in [-0.2, 0) is 97.0 Å². The van der Waals surface area contributed by atoms with Gasteiger partial charge in [0, 0.05) is 49.7 Å². The average molecular weight is 1070 g/mol. The van der Waals surface area contributed by atoms with Gasteiger partial charge in [0.1, 0.15) is 0 Å². The van der Waals surface area contributed by atoms with Gasteiger partial charge in [0.05, 0.1) is 12.1 Å². The van der Waals surface area contributed by atoms with Gasteiger partial charge in [0.15, 0.2) is 0 Å². The molecule has 0 aromatic rings. The molecule has 0 bridgehead atoms. The van der Waals surface area contributed by atoms with E-state index in [1.165, 1.54) is 143 Å². The fourth-order valence-electron chi connectivity index (χ4n) is 3.21. The molecule has 20 nitrogen and oxygen atoms in total. The number of carboxylic acid groups (broad SMARTS) is 6. The number of piperidine rings is 4. The van der Waals surface area contributed by atoms with Crippen LogP contribution in [-0.4, -0.2) is 99.1 Å². The zero-order chi connectivity index (χ0) is 43.8. The first-order valence-corrected chi connectivity index (χ1v) is 17.7. The molecule has 0 aromatic carbocycles. The Balaban J connectivity index is -0.0000000320. The van der Waals surface area contributed by atoms with E-state index in [4.69, 9.17) is 69.9 Å². The number of aliphatic carboxylic acids is 6. The Kier molecular flexibility index (Phi) is 164. The molecule has 4 heterocycles. The van der Waals surface area contributed by atoms with Crippen LogP contribution < -0.4 is 51.9 Å². The SMILES string of the molecule is C1CCNCC1.C1CCNCC1.C1CCNCC1.C1CCNCC1.CC#N.CC#N.CC(=O)[O-].CC(=O)[O-].CC(=O)[O-].CC(=O)[O-].CC(=O)[O-].CC(=O)[O-].[Cu+2].[Cu+2].[Cu+2].[Cu+2].[OH-].[OH-]. The molecule has 0 aliphatic carbocycles. The zero-order valence-electron chi connectivity index (χ0n) is 36.0. The van der Waals surface area contributed by atoms with Gasteiger partial charge in [0.2, 0.25) is 0 Å². The topological polar surface area (TPSA) is 396 Å². The van der Waals surface area contributed by atoms with Gasteiger partial charge in [-0.2, -0.15) is 10.5 Å². The van der Waals surface area contributed by atoms with E-state index in [9.17, 15) is 0 Å². The fourth-order valence-corrected chi connectivity index (χ4v) is 3.21. The van der Waals surface area contributed by atoms with Crippen LogP contribution in [0.5, 0.6) is 0 Å². The maximum atomic E-state index is 8.89. The molecule has 0 saturated carbocycles. The molecular formula is C36H70Cu4N6O14. The monoisotopic (exact) mass is 1060 g/mol. The van der Waals surface area contributed by atoms with Gasteiger partial charge in [0.25, 0.3) is 0 Å². The van der Waals surface area contributed by atoms with Crippen LogP contribution >= 0.6 is 0 Å². The zero-order valence-corrected chi connectivity index (χ0v) is 39.8. The molecule has 4 aliphatic rings. The van der Waals surface area contributed by atoms with Crippen molar-refractivity contribution in [3.05, 3.63) is 0 Å². The third-order valence-corrected chi connectivity index (χ3v) is 4.83. The Bertz CT molecular complexity index is 698. The maximum Gasteiger partial charge on any atom is 2.00 e. The third kappa shape index (κ3) is 355. The molecule has 4 saturated heterocycles. The predicted octanol–water partition coefficient (Wildman–Crippen LogP) is -3.73. The average Bonchev–Trinajstić information content (AvgIpc) is 3.08. The summed E-state index contributed by atoms with van der Waals surface area (Å²) in [5.41, 5.74) is 0. The van der Waals surface area contributed by atoms with Crippen molar-refractivity contribution in [3.8, 4) is 12.1 Å². The number of carboxylic acids is 6. The van der Waals surface area contributed by atoms with E-state index in [2.05, 4.69) is 21.3 Å². The van der Waals surface area contributed by atoms with Gasteiger partial charge >= 0.3 is 68.3 Å². The molecule has 4 fully saturated rings. The van der Waals surface area contributed by atoms with Gasteiger partial charge < -0.3 is 91.6 Å². The van der Waals surface area contributed by atoms with Crippen molar-refractivity contribution in [1.82, 2.24) is 21.3 Å². The Hall–Kier alpha value is -2.36. The van der Waals surface area contributed by atoms with E-state index in [-0.39, 0.29) is 79.2 Å². The molecule has 4 rings (SSSR count). The Labute approximate surface area is 401 Å². The summed E-state index contributed by atoms with van der Waals surface area (Å²) in [7, 11) is 0. The molecular weight excluding hydrogens is 995 g/mol. The van der Waals surface area contributed by atoms with Crippen molar-refractivity contribution in [2.45, 2.75) is 132 Å². The first kappa shape index (κ1) is 97.1. The van der Waals surface area contributed by atoms with Gasteiger partial charge in [-0.15, -0.1) is 0 Å². The van der Waals surface area contributed by atoms with Crippen molar-refractivity contribution in [1.29, 1.82) is 10.5 Å².